The smallest absolute Gasteiger partial charge is 0.160 e. The summed E-state index contributed by atoms with van der Waals surface area (Å²) in [5.74, 6) is 0.894. The molecule has 2 rings (SSSR count). The second-order valence-corrected chi connectivity index (χ2v) is 4.81. The Morgan fingerprint density at radius 1 is 1.00 bits per heavy atom. The van der Waals surface area contributed by atoms with Gasteiger partial charge in [-0.2, -0.15) is 0 Å². The van der Waals surface area contributed by atoms with Gasteiger partial charge < -0.3 is 20.3 Å². The third-order valence-electron chi connectivity index (χ3n) is 3.27. The molecule has 0 amide bonds. The van der Waals surface area contributed by atoms with Crippen molar-refractivity contribution >= 4 is 5.69 Å². The molecule has 2 aromatic rings. The number of aryl methyl sites for hydroxylation is 2. The van der Waals surface area contributed by atoms with Crippen LogP contribution in [0.1, 0.15) is 16.7 Å². The molecule has 0 bridgehead atoms. The van der Waals surface area contributed by atoms with E-state index in [2.05, 4.69) is 5.32 Å². The first-order valence-electron chi connectivity index (χ1n) is 6.41. The molecular weight excluding hydrogens is 254 g/mol. The summed E-state index contributed by atoms with van der Waals surface area (Å²) in [6.45, 7) is 4.38. The lowest BCUT2D eigenvalue weighted by molar-refractivity contribution is 0.373. The molecule has 4 nitrogen and oxygen atoms in total. The minimum atomic E-state index is 0.130. The van der Waals surface area contributed by atoms with Crippen LogP contribution in [0.25, 0.3) is 0 Å². The van der Waals surface area contributed by atoms with Crippen molar-refractivity contribution in [1.82, 2.24) is 0 Å². The Kier molecular flexibility index (Phi) is 4.03. The van der Waals surface area contributed by atoms with Crippen molar-refractivity contribution in [2.24, 2.45) is 0 Å². The van der Waals surface area contributed by atoms with Gasteiger partial charge in [0.25, 0.3) is 0 Å². The van der Waals surface area contributed by atoms with Gasteiger partial charge in [0, 0.05) is 12.2 Å². The van der Waals surface area contributed by atoms with Gasteiger partial charge in [0.15, 0.2) is 11.5 Å². The van der Waals surface area contributed by atoms with Gasteiger partial charge in [0.1, 0.15) is 5.75 Å². The summed E-state index contributed by atoms with van der Waals surface area (Å²) < 4.78 is 5.01. The van der Waals surface area contributed by atoms with Crippen LogP contribution in [-0.2, 0) is 6.54 Å². The summed E-state index contributed by atoms with van der Waals surface area (Å²) in [5.41, 5.74) is 3.73. The molecule has 0 aliphatic heterocycles. The molecule has 0 heterocycles. The van der Waals surface area contributed by atoms with Crippen LogP contribution < -0.4 is 10.1 Å². The molecule has 0 aliphatic rings. The Labute approximate surface area is 118 Å². The van der Waals surface area contributed by atoms with Crippen LogP contribution in [0.5, 0.6) is 17.2 Å². The van der Waals surface area contributed by atoms with Crippen molar-refractivity contribution in [2.75, 3.05) is 12.4 Å². The summed E-state index contributed by atoms with van der Waals surface area (Å²) in [5, 5.41) is 22.7. The molecule has 4 heteroatoms. The van der Waals surface area contributed by atoms with Crippen LogP contribution in [0.15, 0.2) is 30.3 Å². The van der Waals surface area contributed by atoms with Gasteiger partial charge in [-0.1, -0.05) is 6.07 Å². The number of hydrogen-bond acceptors (Lipinski definition) is 4. The fourth-order valence-electron chi connectivity index (χ4n) is 2.03. The first kappa shape index (κ1) is 14.1. The van der Waals surface area contributed by atoms with Gasteiger partial charge in [0.05, 0.1) is 7.11 Å². The number of aromatic hydroxyl groups is 2. The summed E-state index contributed by atoms with van der Waals surface area (Å²) in [6.07, 6.45) is 0. The highest BCUT2D eigenvalue weighted by atomic mass is 16.5. The summed E-state index contributed by atoms with van der Waals surface area (Å²) in [7, 11) is 1.52. The lowest BCUT2D eigenvalue weighted by Gasteiger charge is -2.12. The van der Waals surface area contributed by atoms with Crippen LogP contribution >= 0.6 is 0 Å². The molecule has 0 saturated heterocycles. The molecule has 0 aliphatic carbocycles. The number of benzene rings is 2. The van der Waals surface area contributed by atoms with E-state index in [1.165, 1.54) is 7.11 Å². The maximum Gasteiger partial charge on any atom is 0.160 e. The van der Waals surface area contributed by atoms with E-state index < -0.39 is 0 Å². The average Bonchev–Trinajstić information content (AvgIpc) is 2.41. The molecule has 0 spiro atoms. The first-order valence-corrected chi connectivity index (χ1v) is 6.41. The van der Waals surface area contributed by atoms with Crippen molar-refractivity contribution in [3.8, 4) is 17.2 Å². The molecule has 2 aromatic carbocycles. The van der Waals surface area contributed by atoms with Crippen LogP contribution in [0.2, 0.25) is 0 Å². The maximum atomic E-state index is 9.74. The third-order valence-corrected chi connectivity index (χ3v) is 3.27. The Bertz CT molecular complexity index is 623. The van der Waals surface area contributed by atoms with Crippen molar-refractivity contribution < 1.29 is 14.9 Å². The highest BCUT2D eigenvalue weighted by Gasteiger charge is 2.05. The Balaban J connectivity index is 2.13. The monoisotopic (exact) mass is 273 g/mol. The van der Waals surface area contributed by atoms with E-state index in [4.69, 9.17) is 4.74 Å². The van der Waals surface area contributed by atoms with Crippen molar-refractivity contribution in [1.29, 1.82) is 0 Å². The highest BCUT2D eigenvalue weighted by Crippen LogP contribution is 2.28. The molecule has 3 N–H and O–H groups in total. The number of ether oxygens (including phenoxy) is 1. The molecular formula is C16H19NO3. The van der Waals surface area contributed by atoms with E-state index in [0.29, 0.717) is 18.0 Å². The predicted octanol–water partition coefficient (Wildman–Crippen LogP) is 3.34. The van der Waals surface area contributed by atoms with Crippen LogP contribution in [-0.4, -0.2) is 17.3 Å². The first-order chi connectivity index (χ1) is 9.51. The number of phenols is 2. The van der Waals surface area contributed by atoms with Gasteiger partial charge in [-0.05, 0) is 54.8 Å². The Morgan fingerprint density at radius 3 is 2.40 bits per heavy atom. The summed E-state index contributed by atoms with van der Waals surface area (Å²) in [6, 6.07) is 8.96. The number of rotatable bonds is 4. The fraction of sp³-hybridized carbons (Fsp3) is 0.250. The van der Waals surface area contributed by atoms with Gasteiger partial charge in [0.2, 0.25) is 0 Å². The Hall–Kier alpha value is -2.36. The molecule has 0 unspecified atom stereocenters. The predicted molar refractivity (Wildman–Crippen MR) is 79.6 cm³/mol. The second kappa shape index (κ2) is 5.74. The normalized spacial score (nSPS) is 10.3. The van der Waals surface area contributed by atoms with Crippen LogP contribution in [0.4, 0.5) is 5.69 Å². The zero-order valence-corrected chi connectivity index (χ0v) is 11.9. The number of phenolic OH excluding ortho intramolecular Hbond substituents is 2. The maximum absolute atomic E-state index is 9.74. The second-order valence-electron chi connectivity index (χ2n) is 4.81. The van der Waals surface area contributed by atoms with E-state index in [1.807, 2.05) is 26.0 Å². The van der Waals surface area contributed by atoms with Gasteiger partial charge >= 0.3 is 0 Å². The zero-order valence-electron chi connectivity index (χ0n) is 11.9. The molecule has 0 saturated carbocycles. The minimum absolute atomic E-state index is 0.130. The summed E-state index contributed by atoms with van der Waals surface area (Å²) >= 11 is 0. The quantitative estimate of drug-likeness (QED) is 0.748. The van der Waals surface area contributed by atoms with E-state index in [9.17, 15) is 10.2 Å². The molecule has 20 heavy (non-hydrogen) atoms. The van der Waals surface area contributed by atoms with E-state index >= 15 is 0 Å². The zero-order chi connectivity index (χ0) is 14.7. The van der Waals surface area contributed by atoms with E-state index in [1.54, 1.807) is 18.2 Å². The van der Waals surface area contributed by atoms with E-state index in [0.717, 1.165) is 22.4 Å². The molecule has 0 atom stereocenters. The van der Waals surface area contributed by atoms with Crippen molar-refractivity contribution in [2.45, 2.75) is 20.4 Å². The van der Waals surface area contributed by atoms with E-state index in [-0.39, 0.29) is 5.75 Å². The molecule has 0 fully saturated rings. The number of nitrogens with one attached hydrogen (secondary N) is 1. The van der Waals surface area contributed by atoms with Crippen molar-refractivity contribution in [3.05, 3.63) is 47.0 Å². The van der Waals surface area contributed by atoms with Crippen molar-refractivity contribution in [3.63, 3.8) is 0 Å². The lowest BCUT2D eigenvalue weighted by Crippen LogP contribution is -2.01. The number of methoxy groups -OCH3 is 1. The summed E-state index contributed by atoms with van der Waals surface area (Å²) in [4.78, 5) is 0. The number of hydrogen-bond donors (Lipinski definition) is 3. The Morgan fingerprint density at radius 2 is 1.75 bits per heavy atom. The SMILES string of the molecule is COc1ccc(CNc2cc(C)c(O)cc2C)cc1O. The molecule has 106 valence electrons. The average molecular weight is 273 g/mol. The molecule has 0 aromatic heterocycles. The fourth-order valence-corrected chi connectivity index (χ4v) is 2.03. The van der Waals surface area contributed by atoms with Crippen LogP contribution in [0.3, 0.4) is 0 Å². The topological polar surface area (TPSA) is 61.7 Å². The standard InChI is InChI=1S/C16H19NO3/c1-10-7-14(18)11(2)6-13(10)17-9-12-4-5-16(20-3)15(19)8-12/h4-8,17-19H,9H2,1-3H3. The van der Waals surface area contributed by atoms with Gasteiger partial charge in [-0.3, -0.25) is 0 Å². The van der Waals surface area contributed by atoms with Gasteiger partial charge in [-0.15, -0.1) is 0 Å². The minimum Gasteiger partial charge on any atom is -0.508 e. The number of anilines is 1. The van der Waals surface area contributed by atoms with Gasteiger partial charge in [-0.25, -0.2) is 0 Å². The largest absolute Gasteiger partial charge is 0.508 e. The molecule has 0 radical (unpaired) electrons. The third kappa shape index (κ3) is 2.96. The van der Waals surface area contributed by atoms with Crippen LogP contribution in [0, 0.1) is 13.8 Å². The lowest BCUT2D eigenvalue weighted by atomic mass is 10.1. The highest BCUT2D eigenvalue weighted by molar-refractivity contribution is 5.57.